The van der Waals surface area contributed by atoms with Crippen LogP contribution in [-0.2, 0) is 9.53 Å². The van der Waals surface area contributed by atoms with E-state index in [0.29, 0.717) is 0 Å². The van der Waals surface area contributed by atoms with Gasteiger partial charge in [-0.25, -0.2) is 9.97 Å². The van der Waals surface area contributed by atoms with Gasteiger partial charge in [-0.1, -0.05) is 11.6 Å². The standard InChI is InChI=1S/C22H33N5O2/c28-22(24-9-6-18-4-2-1-3-5-18)19-7-10-26(11-8-19)20-16-23-17-25-21(20)27-12-14-29-15-13-27/h4,16-17,19H,1-3,5-15H2,(H,24,28). The van der Waals surface area contributed by atoms with E-state index in [4.69, 9.17) is 4.74 Å². The number of allylic oxidation sites excluding steroid dienone is 1. The summed E-state index contributed by atoms with van der Waals surface area (Å²) in [6.45, 7) is 5.71. The number of nitrogens with one attached hydrogen (secondary N) is 1. The molecule has 3 aliphatic rings. The van der Waals surface area contributed by atoms with Crippen LogP contribution in [-0.4, -0.2) is 61.8 Å². The summed E-state index contributed by atoms with van der Waals surface area (Å²) in [7, 11) is 0. The van der Waals surface area contributed by atoms with Gasteiger partial charge in [0, 0.05) is 38.6 Å². The molecule has 2 fully saturated rings. The Morgan fingerprint density at radius 2 is 1.97 bits per heavy atom. The first-order valence-electron chi connectivity index (χ1n) is 11.1. The third-order valence-corrected chi connectivity index (χ3v) is 6.32. The monoisotopic (exact) mass is 399 g/mol. The highest BCUT2D eigenvalue weighted by atomic mass is 16.5. The molecule has 0 spiro atoms. The highest BCUT2D eigenvalue weighted by Crippen LogP contribution is 2.30. The molecule has 1 aromatic heterocycles. The highest BCUT2D eigenvalue weighted by Gasteiger charge is 2.27. The van der Waals surface area contributed by atoms with Gasteiger partial charge in [-0.15, -0.1) is 0 Å². The highest BCUT2D eigenvalue weighted by molar-refractivity contribution is 5.79. The zero-order chi connectivity index (χ0) is 19.9. The van der Waals surface area contributed by atoms with Crippen LogP contribution in [0.1, 0.15) is 44.9 Å². The zero-order valence-corrected chi connectivity index (χ0v) is 17.3. The number of carbonyl (C=O) groups is 1. The molecule has 1 N–H and O–H groups in total. The van der Waals surface area contributed by atoms with Crippen molar-refractivity contribution in [2.24, 2.45) is 5.92 Å². The lowest BCUT2D eigenvalue weighted by atomic mass is 9.95. The maximum absolute atomic E-state index is 12.6. The van der Waals surface area contributed by atoms with Gasteiger partial charge in [0.05, 0.1) is 25.1 Å². The minimum absolute atomic E-state index is 0.114. The van der Waals surface area contributed by atoms with E-state index in [0.717, 1.165) is 76.7 Å². The summed E-state index contributed by atoms with van der Waals surface area (Å²) >= 11 is 0. The molecule has 7 heteroatoms. The molecule has 0 unspecified atom stereocenters. The number of nitrogens with zero attached hydrogens (tertiary/aromatic N) is 4. The Bertz CT molecular complexity index is 709. The number of morpholine rings is 1. The van der Waals surface area contributed by atoms with Gasteiger partial charge in [0.15, 0.2) is 5.82 Å². The number of ether oxygens (including phenoxy) is 1. The second-order valence-corrected chi connectivity index (χ2v) is 8.24. The van der Waals surface area contributed by atoms with E-state index < -0.39 is 0 Å². The lowest BCUT2D eigenvalue weighted by Crippen LogP contribution is -2.42. The van der Waals surface area contributed by atoms with Crippen molar-refractivity contribution >= 4 is 17.4 Å². The van der Waals surface area contributed by atoms with Crippen LogP contribution in [0.25, 0.3) is 0 Å². The maximum atomic E-state index is 12.6. The third-order valence-electron chi connectivity index (χ3n) is 6.32. The SMILES string of the molecule is O=C(NCCC1=CCCCC1)C1CCN(c2cncnc2N2CCOCC2)CC1. The summed E-state index contributed by atoms with van der Waals surface area (Å²) in [5.74, 6) is 1.33. The quantitative estimate of drug-likeness (QED) is 0.742. The minimum Gasteiger partial charge on any atom is -0.378 e. The van der Waals surface area contributed by atoms with Crippen molar-refractivity contribution in [1.29, 1.82) is 0 Å². The van der Waals surface area contributed by atoms with Crippen molar-refractivity contribution in [3.05, 3.63) is 24.2 Å². The van der Waals surface area contributed by atoms with Crippen molar-refractivity contribution in [3.63, 3.8) is 0 Å². The largest absolute Gasteiger partial charge is 0.378 e. The molecule has 7 nitrogen and oxygen atoms in total. The zero-order valence-electron chi connectivity index (χ0n) is 17.3. The predicted molar refractivity (Wildman–Crippen MR) is 114 cm³/mol. The van der Waals surface area contributed by atoms with Crippen LogP contribution in [0.3, 0.4) is 0 Å². The molecule has 0 radical (unpaired) electrons. The number of anilines is 2. The van der Waals surface area contributed by atoms with E-state index in [2.05, 4.69) is 31.2 Å². The van der Waals surface area contributed by atoms with E-state index in [1.54, 1.807) is 6.33 Å². The fraction of sp³-hybridized carbons (Fsp3) is 0.682. The van der Waals surface area contributed by atoms with Crippen molar-refractivity contribution in [3.8, 4) is 0 Å². The summed E-state index contributed by atoms with van der Waals surface area (Å²) in [4.78, 5) is 26.0. The van der Waals surface area contributed by atoms with Gasteiger partial charge in [0.25, 0.3) is 0 Å². The Hall–Kier alpha value is -2.15. The van der Waals surface area contributed by atoms with Crippen LogP contribution >= 0.6 is 0 Å². The summed E-state index contributed by atoms with van der Waals surface area (Å²) in [6.07, 6.45) is 13.7. The molecule has 158 valence electrons. The predicted octanol–water partition coefficient (Wildman–Crippen LogP) is 2.54. The molecule has 0 aromatic carbocycles. The second kappa shape index (κ2) is 10.1. The Labute approximate surface area is 173 Å². The molecular weight excluding hydrogens is 366 g/mol. The first-order chi connectivity index (χ1) is 14.3. The number of amides is 1. The topological polar surface area (TPSA) is 70.6 Å². The average molecular weight is 400 g/mol. The molecule has 1 amide bonds. The van der Waals surface area contributed by atoms with Crippen LogP contribution in [0.15, 0.2) is 24.2 Å². The summed E-state index contributed by atoms with van der Waals surface area (Å²) in [5, 5.41) is 3.17. The molecule has 29 heavy (non-hydrogen) atoms. The molecule has 0 atom stereocenters. The number of carbonyl (C=O) groups excluding carboxylic acids is 1. The fourth-order valence-corrected chi connectivity index (χ4v) is 4.56. The van der Waals surface area contributed by atoms with E-state index >= 15 is 0 Å². The van der Waals surface area contributed by atoms with Crippen molar-refractivity contribution in [2.75, 3.05) is 55.7 Å². The number of rotatable bonds is 6. The van der Waals surface area contributed by atoms with Gasteiger partial charge in [-0.05, 0) is 44.9 Å². The summed E-state index contributed by atoms with van der Waals surface area (Å²) < 4.78 is 5.47. The number of hydrogen-bond acceptors (Lipinski definition) is 6. The first-order valence-corrected chi connectivity index (χ1v) is 11.1. The van der Waals surface area contributed by atoms with Gasteiger partial charge in [-0.3, -0.25) is 4.79 Å². The summed E-state index contributed by atoms with van der Waals surface area (Å²) in [5.41, 5.74) is 2.60. The molecular formula is C22H33N5O2. The van der Waals surface area contributed by atoms with Gasteiger partial charge in [-0.2, -0.15) is 0 Å². The van der Waals surface area contributed by atoms with Crippen LogP contribution in [0.5, 0.6) is 0 Å². The Kier molecular flexibility index (Phi) is 6.98. The fourth-order valence-electron chi connectivity index (χ4n) is 4.56. The molecule has 0 bridgehead atoms. The minimum atomic E-state index is 0.114. The number of hydrogen-bond donors (Lipinski definition) is 1. The summed E-state index contributed by atoms with van der Waals surface area (Å²) in [6, 6.07) is 0. The second-order valence-electron chi connectivity index (χ2n) is 8.24. The van der Waals surface area contributed by atoms with E-state index in [1.807, 2.05) is 6.20 Å². The number of aromatic nitrogens is 2. The molecule has 1 aromatic rings. The molecule has 2 aliphatic heterocycles. The van der Waals surface area contributed by atoms with Crippen LogP contribution in [0, 0.1) is 5.92 Å². The van der Waals surface area contributed by atoms with Gasteiger partial charge in [0.1, 0.15) is 6.33 Å². The van der Waals surface area contributed by atoms with Crippen molar-refractivity contribution in [2.45, 2.75) is 44.9 Å². The molecule has 0 saturated carbocycles. The smallest absolute Gasteiger partial charge is 0.223 e. The Morgan fingerprint density at radius 3 is 2.72 bits per heavy atom. The van der Waals surface area contributed by atoms with Gasteiger partial charge in [0.2, 0.25) is 5.91 Å². The molecule has 1 aliphatic carbocycles. The third kappa shape index (κ3) is 5.26. The van der Waals surface area contributed by atoms with E-state index in [9.17, 15) is 4.79 Å². The lowest BCUT2D eigenvalue weighted by Gasteiger charge is -2.36. The average Bonchev–Trinajstić information content (AvgIpc) is 2.80. The molecule has 2 saturated heterocycles. The molecule has 4 rings (SSSR count). The number of piperidine rings is 1. The maximum Gasteiger partial charge on any atom is 0.223 e. The van der Waals surface area contributed by atoms with Crippen molar-refractivity contribution in [1.82, 2.24) is 15.3 Å². The van der Waals surface area contributed by atoms with E-state index in [-0.39, 0.29) is 11.8 Å². The molecule has 3 heterocycles. The Morgan fingerprint density at radius 1 is 1.14 bits per heavy atom. The van der Waals surface area contributed by atoms with Crippen LogP contribution < -0.4 is 15.1 Å². The lowest BCUT2D eigenvalue weighted by molar-refractivity contribution is -0.125. The van der Waals surface area contributed by atoms with Gasteiger partial charge >= 0.3 is 0 Å². The van der Waals surface area contributed by atoms with E-state index in [1.165, 1.54) is 31.3 Å². The Balaban J connectivity index is 1.27. The van der Waals surface area contributed by atoms with Crippen molar-refractivity contribution < 1.29 is 9.53 Å². The van der Waals surface area contributed by atoms with Gasteiger partial charge < -0.3 is 19.9 Å². The van der Waals surface area contributed by atoms with Crippen LogP contribution in [0.4, 0.5) is 11.5 Å². The van der Waals surface area contributed by atoms with Crippen LogP contribution in [0.2, 0.25) is 0 Å². The normalized spacial score (nSPS) is 21.0. The first kappa shape index (κ1) is 20.1.